The molecule has 0 radical (unpaired) electrons. The third-order valence-electron chi connectivity index (χ3n) is 14.9. The smallest absolute Gasteiger partial charge is 0.311 e. The monoisotopic (exact) mass is 1000 g/mol. The highest BCUT2D eigenvalue weighted by atomic mass is 32.1. The molecule has 3 aliphatic heterocycles. The fraction of sp³-hybridized carbons (Fsp3) is 0.900. The van der Waals surface area contributed by atoms with Gasteiger partial charge in [0.15, 0.2) is 12.6 Å². The number of likely N-dealkylation sites (N-methyl/N-ethyl adjacent to an activating group) is 1. The van der Waals surface area contributed by atoms with Gasteiger partial charge in [-0.05, 0) is 101 Å². The van der Waals surface area contributed by atoms with Crippen LogP contribution in [0.25, 0.3) is 0 Å². The van der Waals surface area contributed by atoms with Gasteiger partial charge in [0, 0.05) is 68.4 Å². The Labute approximate surface area is 416 Å². The van der Waals surface area contributed by atoms with E-state index in [0.29, 0.717) is 18.7 Å². The summed E-state index contributed by atoms with van der Waals surface area (Å²) in [6, 6.07) is -0.322. The fourth-order valence-corrected chi connectivity index (χ4v) is 11.1. The maximum absolute atomic E-state index is 14.5. The van der Waals surface area contributed by atoms with Crippen LogP contribution in [-0.2, 0) is 44.5 Å². The maximum Gasteiger partial charge on any atom is 0.311 e. The number of ether oxygens (including phenoxy) is 6. The number of nitrogens with one attached hydrogen (secondary N) is 2. The van der Waals surface area contributed by atoms with E-state index >= 15 is 0 Å². The summed E-state index contributed by atoms with van der Waals surface area (Å²) in [4.78, 5) is 26.7. The first-order chi connectivity index (χ1) is 32.5. The molecule has 8 unspecified atom stereocenters. The number of hydrogen-bond acceptors (Lipinski definition) is 19. The number of hydrogen-bond donors (Lipinski definition) is 7. The molecule has 1 aromatic rings. The lowest BCUT2D eigenvalue weighted by molar-refractivity contribution is -0.317. The molecule has 69 heavy (non-hydrogen) atoms. The second-order valence-electron chi connectivity index (χ2n) is 21.0. The van der Waals surface area contributed by atoms with Crippen molar-refractivity contribution in [1.82, 2.24) is 20.5 Å². The molecule has 18 atom stereocenters. The third-order valence-corrected chi connectivity index (χ3v) is 15.7. The van der Waals surface area contributed by atoms with Gasteiger partial charge in [-0.2, -0.15) is 0 Å². The fourth-order valence-electron chi connectivity index (χ4n) is 10.5. The van der Waals surface area contributed by atoms with Gasteiger partial charge in [0.2, 0.25) is 0 Å². The zero-order chi connectivity index (χ0) is 51.3. The SMILES string of the molecule is CC[C@H]1OC(=O)[C@H](C)[C@@H](OC2CC(C)(OC)C(O)C(C)O2)[C@H](C)[C@@H](OC2OC(C)CC(N(C)C)C2O)[C@](C)(O)C[C@@H](C)/C(=N\OCCNCCCCCCNCCc2nccs2)[C@H](C)[C@@H](O)[C@]1(C)O. The highest BCUT2D eigenvalue weighted by Gasteiger charge is 2.53. The van der Waals surface area contributed by atoms with Crippen molar-refractivity contribution in [3.05, 3.63) is 16.6 Å². The number of thiazole rings is 1. The van der Waals surface area contributed by atoms with E-state index in [9.17, 15) is 30.3 Å². The number of carbonyl (C=O) groups excluding carboxylic acids is 1. The summed E-state index contributed by atoms with van der Waals surface area (Å²) >= 11 is 1.69. The molecule has 0 aliphatic carbocycles. The van der Waals surface area contributed by atoms with Crippen LogP contribution >= 0.6 is 11.3 Å². The number of aliphatic hydroxyl groups is 5. The molecule has 0 bridgehead atoms. The second-order valence-corrected chi connectivity index (χ2v) is 22.0. The van der Waals surface area contributed by atoms with Gasteiger partial charge in [0.25, 0.3) is 0 Å². The Morgan fingerprint density at radius 3 is 2.17 bits per heavy atom. The van der Waals surface area contributed by atoms with Gasteiger partial charge in [-0.25, -0.2) is 4.98 Å². The number of nitrogens with zero attached hydrogens (tertiary/aromatic N) is 3. The molecule has 0 spiro atoms. The zero-order valence-corrected chi connectivity index (χ0v) is 44.8. The highest BCUT2D eigenvalue weighted by Crippen LogP contribution is 2.41. The summed E-state index contributed by atoms with van der Waals surface area (Å²) < 4.78 is 38.0. The standard InChI is InChI=1S/C50H91N5O13S/c1-14-37-50(10,61)43(57)32(4)40(54-63-25-23-52-21-18-16-15-17-20-51-22-19-38-53-24-26-69-38)30(2)28-48(8,60)45(68-47-41(56)36(55(11)12)27-31(3)64-47)33(5)42(34(6)46(59)66-37)67-39-29-49(9,62-13)44(58)35(7)65-39/h24,26,30-37,39,41-45,47,51-52,56-58,60-61H,14-23,25,27-29H2,1-13H3/b54-40+/t30-,31?,32+,33+,34-,35?,36?,37-,39?,41?,42+,43-,44?,45-,47?,48-,49?,50-/m1/s1. The average Bonchev–Trinajstić information content (AvgIpc) is 3.82. The van der Waals surface area contributed by atoms with Gasteiger partial charge >= 0.3 is 5.97 Å². The molecule has 0 aromatic carbocycles. The predicted octanol–water partition coefficient (Wildman–Crippen LogP) is 4.03. The molecule has 4 heterocycles. The maximum atomic E-state index is 14.5. The second kappa shape index (κ2) is 27.4. The van der Waals surface area contributed by atoms with E-state index in [2.05, 4.69) is 20.8 Å². The molecule has 18 nitrogen and oxygen atoms in total. The average molecular weight is 1000 g/mol. The molecule has 3 fully saturated rings. The van der Waals surface area contributed by atoms with Crippen molar-refractivity contribution in [2.45, 2.75) is 211 Å². The molecule has 4 rings (SSSR count). The summed E-state index contributed by atoms with van der Waals surface area (Å²) in [5, 5.41) is 74.6. The quantitative estimate of drug-likeness (QED) is 0.0523. The number of rotatable bonds is 21. The normalized spacial score (nSPS) is 40.4. The van der Waals surface area contributed by atoms with E-state index in [1.165, 1.54) is 14.0 Å². The summed E-state index contributed by atoms with van der Waals surface area (Å²) in [6.07, 6.45) is -2.15. The molecule has 3 saturated heterocycles. The first-order valence-corrected chi connectivity index (χ1v) is 26.4. The van der Waals surface area contributed by atoms with Crippen LogP contribution in [0.4, 0.5) is 0 Å². The molecule has 7 N–H and O–H groups in total. The number of aliphatic hydroxyl groups excluding tert-OH is 3. The molecule has 0 amide bonds. The van der Waals surface area contributed by atoms with E-state index in [1.54, 1.807) is 59.8 Å². The molecular formula is C50H91N5O13S. The Kier molecular flexibility index (Phi) is 23.6. The van der Waals surface area contributed by atoms with Gasteiger partial charge in [-0.15, -0.1) is 11.3 Å². The van der Waals surface area contributed by atoms with Crippen LogP contribution in [0.5, 0.6) is 0 Å². The number of aromatic nitrogens is 1. The Bertz CT molecular complexity index is 1680. The van der Waals surface area contributed by atoms with E-state index in [0.717, 1.165) is 56.7 Å². The molecule has 0 saturated carbocycles. The van der Waals surface area contributed by atoms with E-state index in [1.807, 2.05) is 44.4 Å². The lowest BCUT2D eigenvalue weighted by atomic mass is 9.73. The van der Waals surface area contributed by atoms with Crippen LogP contribution < -0.4 is 10.6 Å². The number of esters is 1. The Morgan fingerprint density at radius 2 is 1.57 bits per heavy atom. The lowest BCUT2D eigenvalue weighted by Crippen LogP contribution is -2.61. The van der Waals surface area contributed by atoms with Crippen molar-refractivity contribution in [3.63, 3.8) is 0 Å². The van der Waals surface area contributed by atoms with E-state index in [-0.39, 0.29) is 38.0 Å². The van der Waals surface area contributed by atoms with Crippen LogP contribution in [0.3, 0.4) is 0 Å². The zero-order valence-electron chi connectivity index (χ0n) is 44.0. The van der Waals surface area contributed by atoms with Crippen molar-refractivity contribution < 1.29 is 63.6 Å². The summed E-state index contributed by atoms with van der Waals surface area (Å²) in [6.45, 7) is 20.8. The minimum Gasteiger partial charge on any atom is -0.459 e. The van der Waals surface area contributed by atoms with Crippen molar-refractivity contribution in [2.75, 3.05) is 54.0 Å². The van der Waals surface area contributed by atoms with Crippen LogP contribution in [0.2, 0.25) is 0 Å². The van der Waals surface area contributed by atoms with Crippen LogP contribution in [0, 0.1) is 23.7 Å². The summed E-state index contributed by atoms with van der Waals surface area (Å²) in [5.41, 5.74) is -4.37. The van der Waals surface area contributed by atoms with Gasteiger partial charge < -0.3 is 74.3 Å². The number of carbonyl (C=O) groups is 1. The number of cyclic esters (lactones) is 1. The topological polar surface area (TPSA) is 235 Å². The predicted molar refractivity (Wildman–Crippen MR) is 265 cm³/mol. The molecular weight excluding hydrogens is 911 g/mol. The lowest BCUT2D eigenvalue weighted by Gasteiger charge is -2.49. The van der Waals surface area contributed by atoms with Gasteiger partial charge in [-0.3, -0.25) is 4.79 Å². The van der Waals surface area contributed by atoms with Crippen molar-refractivity contribution in [3.8, 4) is 0 Å². The highest BCUT2D eigenvalue weighted by molar-refractivity contribution is 7.09. The minimum atomic E-state index is -1.95. The minimum absolute atomic E-state index is 0.00610. The number of unbranched alkanes of at least 4 members (excludes halogenated alkanes) is 3. The van der Waals surface area contributed by atoms with Crippen LogP contribution in [-0.4, -0.2) is 185 Å². The van der Waals surface area contributed by atoms with Gasteiger partial charge in [0.05, 0.1) is 58.4 Å². The first-order valence-electron chi connectivity index (χ1n) is 25.5. The van der Waals surface area contributed by atoms with E-state index < -0.39 is 102 Å². The molecule has 3 aliphatic rings. The van der Waals surface area contributed by atoms with Gasteiger partial charge in [-0.1, -0.05) is 45.7 Å². The van der Waals surface area contributed by atoms with Crippen molar-refractivity contribution >= 4 is 23.0 Å². The molecule has 1 aromatic heterocycles. The Balaban J connectivity index is 1.60. The Hall–Kier alpha value is -1.95. The van der Waals surface area contributed by atoms with E-state index in [4.69, 9.17) is 33.3 Å². The van der Waals surface area contributed by atoms with Crippen molar-refractivity contribution in [1.29, 1.82) is 0 Å². The number of methoxy groups -OCH3 is 1. The van der Waals surface area contributed by atoms with Gasteiger partial charge in [0.1, 0.15) is 30.5 Å². The molecule has 19 heteroatoms. The van der Waals surface area contributed by atoms with Crippen LogP contribution in [0.1, 0.15) is 126 Å². The Morgan fingerprint density at radius 1 is 0.899 bits per heavy atom. The van der Waals surface area contributed by atoms with Crippen molar-refractivity contribution in [2.24, 2.45) is 28.8 Å². The third kappa shape index (κ3) is 16.3. The first kappa shape index (κ1) is 59.6. The number of oxime groups is 1. The summed E-state index contributed by atoms with van der Waals surface area (Å²) in [7, 11) is 5.26. The molecule has 400 valence electrons. The largest absolute Gasteiger partial charge is 0.459 e. The van der Waals surface area contributed by atoms with Crippen LogP contribution in [0.15, 0.2) is 16.7 Å². The summed E-state index contributed by atoms with van der Waals surface area (Å²) in [5.74, 6) is -4.02.